The molecular weight excluding hydrogens is 701 g/mol. The van der Waals surface area contributed by atoms with Crippen LogP contribution < -0.4 is 15.9 Å². The number of pyridine rings is 4. The predicted molar refractivity (Wildman–Crippen MR) is 220 cm³/mol. The van der Waals surface area contributed by atoms with Crippen molar-refractivity contribution in [3.05, 3.63) is 140 Å². The largest absolute Gasteiger partial charge is 0.372 e. The lowest BCUT2D eigenvalue weighted by Crippen LogP contribution is -1.99. The molecule has 0 amide bonds. The van der Waals surface area contributed by atoms with E-state index < -0.39 is 8.81 Å². The van der Waals surface area contributed by atoms with Crippen LogP contribution in [0.15, 0.2) is 140 Å². The van der Waals surface area contributed by atoms with Gasteiger partial charge in [0.25, 0.3) is 0 Å². The molecule has 3 unspecified atom stereocenters. The van der Waals surface area contributed by atoms with E-state index in [0.29, 0.717) is 0 Å². The highest BCUT2D eigenvalue weighted by atomic mass is 31.1. The SMILES string of the molecule is OPc1ccc(-c2ccc3ccc4ccc(-c5cc(PO)cc(-c6ccc7ccc8ccc(-c9ccc(PO)cc9)nc8c7n6)c5)nc4c3n2)cc1. The van der Waals surface area contributed by atoms with Gasteiger partial charge in [-0.15, -0.1) is 0 Å². The van der Waals surface area contributed by atoms with Crippen LogP contribution in [0.2, 0.25) is 0 Å². The highest BCUT2D eigenvalue weighted by Gasteiger charge is 2.14. The summed E-state index contributed by atoms with van der Waals surface area (Å²) in [6, 6.07) is 46.2. The standard InChI is InChI=1S/C42H29N4O3P3/c47-50-32-13-5-24(6-14-32)35-17-9-26-1-3-28-11-19-37(45-41(28)39(26)43-35)30-21-31(23-34(22-30)52-49)38-20-12-29-4-2-27-10-18-36(44-40(27)42(29)46-38)25-7-15-33(51-48)16-8-25/h1-23,47-52H. The van der Waals surface area contributed by atoms with Crippen molar-refractivity contribution in [2.75, 3.05) is 0 Å². The Labute approximate surface area is 304 Å². The summed E-state index contributed by atoms with van der Waals surface area (Å²) in [5, 5.41) is 6.50. The molecular formula is C42H29N4O3P3. The summed E-state index contributed by atoms with van der Waals surface area (Å²) in [7, 11) is -0.893. The molecule has 0 fully saturated rings. The molecule has 4 aromatic heterocycles. The molecule has 9 aromatic rings. The molecule has 52 heavy (non-hydrogen) atoms. The molecule has 0 saturated heterocycles. The van der Waals surface area contributed by atoms with Gasteiger partial charge in [-0.05, 0) is 53.1 Å². The van der Waals surface area contributed by atoms with E-state index >= 15 is 0 Å². The molecule has 7 nitrogen and oxygen atoms in total. The second-order valence-corrected chi connectivity index (χ2v) is 14.9. The third-order valence-corrected chi connectivity index (χ3v) is 11.0. The Kier molecular flexibility index (Phi) is 8.70. The Bertz CT molecular complexity index is 2630. The number of nitrogens with zero attached hydrogens (tertiary/aromatic N) is 4. The van der Waals surface area contributed by atoms with Crippen LogP contribution in [0.1, 0.15) is 0 Å². The minimum Gasteiger partial charge on any atom is -0.372 e. The molecule has 0 radical (unpaired) electrons. The van der Waals surface area contributed by atoms with Crippen molar-refractivity contribution in [2.45, 2.75) is 0 Å². The van der Waals surface area contributed by atoms with Gasteiger partial charge in [0.05, 0.1) is 44.8 Å². The number of aromatic nitrogens is 4. The van der Waals surface area contributed by atoms with Crippen LogP contribution in [-0.4, -0.2) is 34.6 Å². The Morgan fingerprint density at radius 1 is 0.288 bits per heavy atom. The molecule has 250 valence electrons. The number of hydrogen-bond donors (Lipinski definition) is 3. The van der Waals surface area contributed by atoms with Gasteiger partial charge in [0, 0.05) is 75.5 Å². The van der Waals surface area contributed by atoms with Gasteiger partial charge in [-0.2, -0.15) is 0 Å². The second-order valence-electron chi connectivity index (χ2n) is 12.5. The van der Waals surface area contributed by atoms with Crippen molar-refractivity contribution in [3.63, 3.8) is 0 Å². The van der Waals surface area contributed by atoms with Gasteiger partial charge in [0.2, 0.25) is 0 Å². The molecule has 0 aliphatic heterocycles. The highest BCUT2D eigenvalue weighted by molar-refractivity contribution is 7.41. The highest BCUT2D eigenvalue weighted by Crippen LogP contribution is 2.33. The van der Waals surface area contributed by atoms with Gasteiger partial charge < -0.3 is 14.7 Å². The van der Waals surface area contributed by atoms with Crippen LogP contribution in [0.3, 0.4) is 0 Å². The van der Waals surface area contributed by atoms with Gasteiger partial charge in [-0.3, -0.25) is 0 Å². The van der Waals surface area contributed by atoms with Crippen LogP contribution >= 0.6 is 26.4 Å². The first-order valence-electron chi connectivity index (χ1n) is 16.5. The van der Waals surface area contributed by atoms with Crippen molar-refractivity contribution in [1.29, 1.82) is 0 Å². The average molecular weight is 731 g/mol. The van der Waals surface area contributed by atoms with Crippen molar-refractivity contribution >= 4 is 85.9 Å². The third-order valence-electron chi connectivity index (χ3n) is 9.31. The molecule has 0 spiro atoms. The average Bonchev–Trinajstić information content (AvgIpc) is 3.22. The smallest absolute Gasteiger partial charge is 0.0972 e. The first kappa shape index (κ1) is 32.8. The summed E-state index contributed by atoms with van der Waals surface area (Å²) in [6.45, 7) is 0. The molecule has 0 aliphatic carbocycles. The zero-order valence-corrected chi connectivity index (χ0v) is 30.4. The number of fused-ring (bicyclic) bond motifs is 6. The zero-order chi connectivity index (χ0) is 35.2. The maximum absolute atomic E-state index is 10.4. The van der Waals surface area contributed by atoms with Crippen LogP contribution in [0.4, 0.5) is 0 Å². The molecule has 0 aliphatic rings. The predicted octanol–water partition coefficient (Wildman–Crippen LogP) is 8.18. The zero-order valence-electron chi connectivity index (χ0n) is 27.4. The fraction of sp³-hybridized carbons (Fsp3) is 0. The number of rotatable bonds is 7. The first-order chi connectivity index (χ1) is 25.6. The van der Waals surface area contributed by atoms with Gasteiger partial charge in [0.1, 0.15) is 0 Å². The summed E-state index contributed by atoms with van der Waals surface area (Å²) in [6.07, 6.45) is 0. The van der Waals surface area contributed by atoms with Crippen LogP contribution in [0.25, 0.3) is 88.6 Å². The Morgan fingerprint density at radius 2 is 0.577 bits per heavy atom. The van der Waals surface area contributed by atoms with Gasteiger partial charge in [0.15, 0.2) is 0 Å². The monoisotopic (exact) mass is 730 g/mol. The molecule has 9 rings (SSSR count). The van der Waals surface area contributed by atoms with Gasteiger partial charge in [-0.1, -0.05) is 97.1 Å². The molecule has 10 heteroatoms. The maximum Gasteiger partial charge on any atom is 0.0972 e. The lowest BCUT2D eigenvalue weighted by Gasteiger charge is -2.12. The molecule has 3 atom stereocenters. The van der Waals surface area contributed by atoms with Crippen molar-refractivity contribution < 1.29 is 14.7 Å². The summed E-state index contributed by atoms with van der Waals surface area (Å²) in [5.74, 6) is 0. The van der Waals surface area contributed by atoms with E-state index in [0.717, 1.165) is 105 Å². The van der Waals surface area contributed by atoms with Crippen LogP contribution in [-0.2, 0) is 0 Å². The normalized spacial score (nSPS) is 12.3. The number of benzene rings is 5. The van der Waals surface area contributed by atoms with Crippen molar-refractivity contribution in [3.8, 4) is 45.0 Å². The van der Waals surface area contributed by atoms with E-state index in [4.69, 9.17) is 19.9 Å². The molecule has 5 aromatic carbocycles. The minimum absolute atomic E-state index is 0.244. The van der Waals surface area contributed by atoms with Crippen molar-refractivity contribution in [2.24, 2.45) is 0 Å². The molecule has 4 heterocycles. The van der Waals surface area contributed by atoms with E-state index in [-0.39, 0.29) is 17.6 Å². The van der Waals surface area contributed by atoms with E-state index in [1.807, 2.05) is 84.9 Å². The lowest BCUT2D eigenvalue weighted by molar-refractivity contribution is 0.654. The summed E-state index contributed by atoms with van der Waals surface area (Å²) in [4.78, 5) is 49.9. The fourth-order valence-corrected chi connectivity index (χ4v) is 7.67. The van der Waals surface area contributed by atoms with E-state index in [1.54, 1.807) is 0 Å². The van der Waals surface area contributed by atoms with E-state index in [2.05, 4.69) is 54.6 Å². The second kappa shape index (κ2) is 13.8. The minimum atomic E-state index is -0.404. The Balaban J connectivity index is 1.15. The molecule has 0 bridgehead atoms. The molecule has 3 N–H and O–H groups in total. The summed E-state index contributed by atoms with van der Waals surface area (Å²) in [5.41, 5.74) is 10.1. The van der Waals surface area contributed by atoms with Crippen LogP contribution in [0, 0.1) is 0 Å². The van der Waals surface area contributed by atoms with Gasteiger partial charge in [-0.25, -0.2) is 19.9 Å². The summed E-state index contributed by atoms with van der Waals surface area (Å²) >= 11 is 0. The van der Waals surface area contributed by atoms with E-state index in [9.17, 15) is 14.7 Å². The third kappa shape index (κ3) is 6.12. The topological polar surface area (TPSA) is 112 Å². The Morgan fingerprint density at radius 3 is 0.885 bits per heavy atom. The van der Waals surface area contributed by atoms with Gasteiger partial charge >= 0.3 is 0 Å². The lowest BCUT2D eigenvalue weighted by atomic mass is 10.0. The number of hydrogen-bond acceptors (Lipinski definition) is 7. The van der Waals surface area contributed by atoms with Crippen molar-refractivity contribution in [1.82, 2.24) is 19.9 Å². The summed E-state index contributed by atoms with van der Waals surface area (Å²) < 4.78 is 0. The molecule has 0 saturated carbocycles. The van der Waals surface area contributed by atoms with Crippen LogP contribution in [0.5, 0.6) is 0 Å². The first-order valence-corrected chi connectivity index (χ1v) is 19.4. The quantitative estimate of drug-likeness (QED) is 0.112. The fourth-order valence-electron chi connectivity index (χ4n) is 6.60. The maximum atomic E-state index is 10.4. The van der Waals surface area contributed by atoms with E-state index in [1.165, 1.54) is 0 Å². The Hall–Kier alpha value is -5.09.